The highest BCUT2D eigenvalue weighted by Gasteiger charge is 2.34. The van der Waals surface area contributed by atoms with Crippen molar-refractivity contribution in [3.8, 4) is 0 Å². The number of urea groups is 1. The standard InChI is InChI=1S/C24H34N4O2/c1-17(2)14-27(24(30)25-22-11-8-18(3)13-19(22)4)16-23(29)28(20-9-10-20)15-21-7-6-12-26(21)5/h6-8,11-13,17,20H,9-10,14-16H2,1-5H3,(H,25,30). The lowest BCUT2D eigenvalue weighted by Crippen LogP contribution is -2.46. The summed E-state index contributed by atoms with van der Waals surface area (Å²) in [4.78, 5) is 29.8. The molecule has 0 bridgehead atoms. The molecule has 6 nitrogen and oxygen atoms in total. The van der Waals surface area contributed by atoms with Crippen molar-refractivity contribution >= 4 is 17.6 Å². The number of carbonyl (C=O) groups excluding carboxylic acids is 2. The highest BCUT2D eigenvalue weighted by Crippen LogP contribution is 2.29. The summed E-state index contributed by atoms with van der Waals surface area (Å²) in [7, 11) is 1.99. The van der Waals surface area contributed by atoms with E-state index in [0.29, 0.717) is 13.1 Å². The smallest absolute Gasteiger partial charge is 0.322 e. The van der Waals surface area contributed by atoms with Gasteiger partial charge in [0.1, 0.15) is 6.54 Å². The quantitative estimate of drug-likeness (QED) is 0.704. The molecule has 1 fully saturated rings. The topological polar surface area (TPSA) is 57.6 Å². The Labute approximate surface area is 179 Å². The van der Waals surface area contributed by atoms with E-state index >= 15 is 0 Å². The fourth-order valence-corrected chi connectivity index (χ4v) is 3.70. The molecule has 0 atom stereocenters. The Bertz CT molecular complexity index is 898. The number of carbonyl (C=O) groups is 2. The van der Waals surface area contributed by atoms with E-state index < -0.39 is 0 Å². The Morgan fingerprint density at radius 2 is 1.93 bits per heavy atom. The zero-order valence-electron chi connectivity index (χ0n) is 18.8. The van der Waals surface area contributed by atoms with Crippen molar-refractivity contribution < 1.29 is 9.59 Å². The van der Waals surface area contributed by atoms with Crippen LogP contribution >= 0.6 is 0 Å². The van der Waals surface area contributed by atoms with Crippen LogP contribution in [0.5, 0.6) is 0 Å². The second-order valence-corrected chi connectivity index (χ2v) is 8.89. The van der Waals surface area contributed by atoms with E-state index in [1.165, 1.54) is 0 Å². The van der Waals surface area contributed by atoms with Gasteiger partial charge in [0.25, 0.3) is 0 Å². The van der Waals surface area contributed by atoms with Crippen LogP contribution in [0.3, 0.4) is 0 Å². The first-order valence-corrected chi connectivity index (χ1v) is 10.8. The summed E-state index contributed by atoms with van der Waals surface area (Å²) in [5.41, 5.74) is 4.06. The first kappa shape index (κ1) is 21.9. The number of rotatable bonds is 8. The van der Waals surface area contributed by atoms with Gasteiger partial charge in [-0.2, -0.15) is 0 Å². The van der Waals surface area contributed by atoms with Gasteiger partial charge >= 0.3 is 6.03 Å². The summed E-state index contributed by atoms with van der Waals surface area (Å²) in [6.45, 7) is 9.34. The van der Waals surface area contributed by atoms with Gasteiger partial charge in [0, 0.05) is 37.2 Å². The summed E-state index contributed by atoms with van der Waals surface area (Å²) in [5.74, 6) is 0.278. The van der Waals surface area contributed by atoms with Crippen LogP contribution in [0, 0.1) is 19.8 Å². The number of aromatic nitrogens is 1. The molecule has 1 N–H and O–H groups in total. The van der Waals surface area contributed by atoms with Crippen molar-refractivity contribution in [2.45, 2.75) is 53.1 Å². The molecule has 1 heterocycles. The van der Waals surface area contributed by atoms with E-state index in [-0.39, 0.29) is 30.4 Å². The predicted molar refractivity (Wildman–Crippen MR) is 120 cm³/mol. The van der Waals surface area contributed by atoms with Crippen molar-refractivity contribution in [2.24, 2.45) is 13.0 Å². The minimum absolute atomic E-state index is 0.00938. The second-order valence-electron chi connectivity index (χ2n) is 8.89. The summed E-state index contributed by atoms with van der Waals surface area (Å²) in [6.07, 6.45) is 4.07. The second kappa shape index (κ2) is 9.37. The molecule has 1 saturated carbocycles. The molecule has 2 aromatic rings. The Morgan fingerprint density at radius 3 is 2.50 bits per heavy atom. The third-order valence-corrected chi connectivity index (χ3v) is 5.51. The van der Waals surface area contributed by atoms with Crippen LogP contribution in [0.4, 0.5) is 10.5 Å². The number of anilines is 1. The zero-order valence-corrected chi connectivity index (χ0v) is 18.8. The molecule has 0 aliphatic heterocycles. The molecular weight excluding hydrogens is 376 g/mol. The molecule has 162 valence electrons. The fourth-order valence-electron chi connectivity index (χ4n) is 3.70. The fraction of sp³-hybridized carbons (Fsp3) is 0.500. The molecular formula is C24H34N4O2. The Hall–Kier alpha value is -2.76. The van der Waals surface area contributed by atoms with Crippen molar-refractivity contribution in [1.82, 2.24) is 14.4 Å². The Kier molecular flexibility index (Phi) is 6.85. The number of amides is 3. The number of hydrogen-bond donors (Lipinski definition) is 1. The third-order valence-electron chi connectivity index (χ3n) is 5.51. The van der Waals surface area contributed by atoms with Crippen LogP contribution in [-0.2, 0) is 18.4 Å². The molecule has 1 aromatic carbocycles. The maximum atomic E-state index is 13.2. The summed E-state index contributed by atoms with van der Waals surface area (Å²) in [5, 5.41) is 3.00. The van der Waals surface area contributed by atoms with Gasteiger partial charge in [0.2, 0.25) is 5.91 Å². The lowest BCUT2D eigenvalue weighted by molar-refractivity contribution is -0.133. The molecule has 0 radical (unpaired) electrons. The molecule has 3 amide bonds. The van der Waals surface area contributed by atoms with Crippen molar-refractivity contribution in [2.75, 3.05) is 18.4 Å². The SMILES string of the molecule is Cc1ccc(NC(=O)N(CC(=O)N(Cc2cccn2C)C2CC2)CC(C)C)c(C)c1. The Balaban J connectivity index is 1.71. The lowest BCUT2D eigenvalue weighted by atomic mass is 10.1. The highest BCUT2D eigenvalue weighted by molar-refractivity contribution is 5.93. The normalized spacial score (nSPS) is 13.4. The lowest BCUT2D eigenvalue weighted by Gasteiger charge is -2.29. The van der Waals surface area contributed by atoms with E-state index in [1.807, 2.05) is 66.9 Å². The predicted octanol–water partition coefficient (Wildman–Crippen LogP) is 4.32. The van der Waals surface area contributed by atoms with Gasteiger partial charge < -0.3 is 19.7 Å². The number of hydrogen-bond acceptors (Lipinski definition) is 2. The first-order chi connectivity index (χ1) is 14.2. The average molecular weight is 411 g/mol. The van der Waals surface area contributed by atoms with Crippen LogP contribution < -0.4 is 5.32 Å². The van der Waals surface area contributed by atoms with Gasteiger partial charge in [-0.25, -0.2) is 4.79 Å². The minimum atomic E-state index is -0.224. The first-order valence-electron chi connectivity index (χ1n) is 10.8. The summed E-state index contributed by atoms with van der Waals surface area (Å²) >= 11 is 0. The van der Waals surface area contributed by atoms with Crippen LogP contribution in [0.1, 0.15) is 43.5 Å². The molecule has 1 aliphatic carbocycles. The third kappa shape index (κ3) is 5.65. The molecule has 0 unspecified atom stereocenters. The number of nitrogens with one attached hydrogen (secondary N) is 1. The largest absolute Gasteiger partial charge is 0.353 e. The van der Waals surface area contributed by atoms with E-state index in [4.69, 9.17) is 0 Å². The van der Waals surface area contributed by atoms with Gasteiger partial charge in [-0.05, 0) is 56.4 Å². The summed E-state index contributed by atoms with van der Waals surface area (Å²) < 4.78 is 2.04. The number of aryl methyl sites for hydroxylation is 3. The Morgan fingerprint density at radius 1 is 1.20 bits per heavy atom. The van der Waals surface area contributed by atoms with E-state index in [0.717, 1.165) is 35.3 Å². The van der Waals surface area contributed by atoms with Crippen molar-refractivity contribution in [3.05, 3.63) is 53.3 Å². The molecule has 3 rings (SSSR count). The monoisotopic (exact) mass is 410 g/mol. The molecule has 1 aliphatic rings. The maximum absolute atomic E-state index is 13.2. The zero-order chi connectivity index (χ0) is 21.8. The highest BCUT2D eigenvalue weighted by atomic mass is 16.2. The van der Waals surface area contributed by atoms with E-state index in [1.54, 1.807) is 4.90 Å². The van der Waals surface area contributed by atoms with Gasteiger partial charge in [0.05, 0.1) is 6.54 Å². The van der Waals surface area contributed by atoms with E-state index in [2.05, 4.69) is 19.2 Å². The van der Waals surface area contributed by atoms with E-state index in [9.17, 15) is 9.59 Å². The number of nitrogens with zero attached hydrogens (tertiary/aromatic N) is 3. The van der Waals surface area contributed by atoms with Crippen LogP contribution in [0.25, 0.3) is 0 Å². The van der Waals surface area contributed by atoms with Gasteiger partial charge in [-0.15, -0.1) is 0 Å². The van der Waals surface area contributed by atoms with Gasteiger partial charge in [-0.3, -0.25) is 4.79 Å². The maximum Gasteiger partial charge on any atom is 0.322 e. The molecule has 0 spiro atoms. The van der Waals surface area contributed by atoms with Gasteiger partial charge in [-0.1, -0.05) is 31.5 Å². The molecule has 30 heavy (non-hydrogen) atoms. The van der Waals surface area contributed by atoms with Crippen molar-refractivity contribution in [3.63, 3.8) is 0 Å². The molecule has 1 aromatic heterocycles. The number of benzene rings is 1. The summed E-state index contributed by atoms with van der Waals surface area (Å²) in [6, 6.07) is 10.0. The van der Waals surface area contributed by atoms with Crippen LogP contribution in [0.2, 0.25) is 0 Å². The minimum Gasteiger partial charge on any atom is -0.353 e. The molecule has 6 heteroatoms. The van der Waals surface area contributed by atoms with Crippen molar-refractivity contribution in [1.29, 1.82) is 0 Å². The van der Waals surface area contributed by atoms with Crippen LogP contribution in [-0.4, -0.2) is 45.4 Å². The molecule has 0 saturated heterocycles. The van der Waals surface area contributed by atoms with Gasteiger partial charge in [0.15, 0.2) is 0 Å². The van der Waals surface area contributed by atoms with Crippen LogP contribution in [0.15, 0.2) is 36.5 Å². The average Bonchev–Trinajstić information content (AvgIpc) is 3.43.